The number of nitrogens with zero attached hydrogens (tertiary/aromatic N) is 3. The summed E-state index contributed by atoms with van der Waals surface area (Å²) in [5, 5.41) is 4.85. The number of sulfonamides is 1. The lowest BCUT2D eigenvalue weighted by Gasteiger charge is -2.34. The Kier molecular flexibility index (Phi) is 5.58. The minimum atomic E-state index is -3.51. The zero-order chi connectivity index (χ0) is 19.6. The Balaban J connectivity index is 1.35. The summed E-state index contributed by atoms with van der Waals surface area (Å²) in [4.78, 5) is 20.3. The molecule has 2 aromatic heterocycles. The lowest BCUT2D eigenvalue weighted by molar-refractivity contribution is -0.131. The number of benzene rings is 1. The van der Waals surface area contributed by atoms with E-state index in [9.17, 15) is 13.2 Å². The second-order valence-corrected chi connectivity index (χ2v) is 10.1. The van der Waals surface area contributed by atoms with Crippen LogP contribution in [0, 0.1) is 0 Å². The first-order valence-corrected chi connectivity index (χ1v) is 12.1. The first kappa shape index (κ1) is 19.3. The lowest BCUT2D eigenvalue weighted by Crippen LogP contribution is -2.50. The van der Waals surface area contributed by atoms with Gasteiger partial charge < -0.3 is 4.90 Å². The van der Waals surface area contributed by atoms with Crippen LogP contribution >= 0.6 is 22.7 Å². The number of aromatic nitrogens is 1. The summed E-state index contributed by atoms with van der Waals surface area (Å²) >= 11 is 3.17. The number of thiophene rings is 1. The number of carbonyl (C=O) groups is 1. The van der Waals surface area contributed by atoms with E-state index in [1.165, 1.54) is 15.6 Å². The van der Waals surface area contributed by atoms with Crippen molar-refractivity contribution in [3.63, 3.8) is 0 Å². The van der Waals surface area contributed by atoms with E-state index in [-0.39, 0.29) is 12.3 Å². The van der Waals surface area contributed by atoms with Crippen molar-refractivity contribution in [1.82, 2.24) is 14.2 Å². The van der Waals surface area contributed by atoms with Crippen LogP contribution in [-0.4, -0.2) is 54.7 Å². The average Bonchev–Trinajstić information content (AvgIpc) is 3.40. The van der Waals surface area contributed by atoms with Crippen LogP contribution in [0.25, 0.3) is 9.88 Å². The summed E-state index contributed by atoms with van der Waals surface area (Å²) < 4.78 is 26.8. The first-order valence-electron chi connectivity index (χ1n) is 8.85. The van der Waals surface area contributed by atoms with Crippen molar-refractivity contribution in [3.8, 4) is 9.88 Å². The third kappa shape index (κ3) is 4.02. The van der Waals surface area contributed by atoms with Crippen LogP contribution in [0.4, 0.5) is 0 Å². The molecule has 0 unspecified atom stereocenters. The molecule has 1 aromatic carbocycles. The smallest absolute Gasteiger partial charge is 0.243 e. The summed E-state index contributed by atoms with van der Waals surface area (Å²) in [7, 11) is -3.51. The zero-order valence-electron chi connectivity index (χ0n) is 15.0. The Bertz CT molecular complexity index is 1040. The number of carbonyl (C=O) groups excluding carboxylic acids is 1. The fourth-order valence-electron chi connectivity index (χ4n) is 3.09. The maximum atomic E-state index is 12.7. The third-order valence-electron chi connectivity index (χ3n) is 4.59. The Labute approximate surface area is 172 Å². The molecule has 0 atom stereocenters. The normalized spacial score (nSPS) is 15.6. The predicted octanol–water partition coefficient (Wildman–Crippen LogP) is 2.95. The van der Waals surface area contributed by atoms with Crippen molar-refractivity contribution in [1.29, 1.82) is 0 Å². The van der Waals surface area contributed by atoms with Crippen LogP contribution in [0.15, 0.2) is 58.1 Å². The Morgan fingerprint density at radius 2 is 1.75 bits per heavy atom. The zero-order valence-corrected chi connectivity index (χ0v) is 17.5. The SMILES string of the molecule is O=C(Cc1csc(-c2cccs2)n1)N1CCN(S(=O)(=O)c2ccccc2)CC1. The molecular formula is C19H19N3O3S3. The van der Waals surface area contributed by atoms with E-state index >= 15 is 0 Å². The molecule has 0 bridgehead atoms. The quantitative estimate of drug-likeness (QED) is 0.620. The van der Waals surface area contributed by atoms with Gasteiger partial charge in [0.25, 0.3) is 0 Å². The molecule has 0 N–H and O–H groups in total. The van der Waals surface area contributed by atoms with E-state index in [1.54, 1.807) is 46.6 Å². The van der Waals surface area contributed by atoms with Gasteiger partial charge in [0, 0.05) is 31.6 Å². The van der Waals surface area contributed by atoms with E-state index in [0.717, 1.165) is 15.6 Å². The minimum Gasteiger partial charge on any atom is -0.340 e. The number of hydrogen-bond donors (Lipinski definition) is 0. The summed E-state index contributed by atoms with van der Waals surface area (Å²) in [6.07, 6.45) is 0.243. The standard InChI is InChI=1S/C19H19N3O3S3/c23-18(13-15-14-27-19(20-15)17-7-4-12-26-17)21-8-10-22(11-9-21)28(24,25)16-5-2-1-3-6-16/h1-7,12,14H,8-11,13H2. The number of rotatable bonds is 5. The van der Waals surface area contributed by atoms with Crippen LogP contribution in [0.5, 0.6) is 0 Å². The molecule has 3 heterocycles. The van der Waals surface area contributed by atoms with Crippen molar-refractivity contribution < 1.29 is 13.2 Å². The Morgan fingerprint density at radius 1 is 1.00 bits per heavy atom. The van der Waals surface area contributed by atoms with Gasteiger partial charge in [-0.3, -0.25) is 4.79 Å². The monoisotopic (exact) mass is 433 g/mol. The second kappa shape index (κ2) is 8.12. The summed E-state index contributed by atoms with van der Waals surface area (Å²) in [5.74, 6) is -0.0141. The fourth-order valence-corrected chi connectivity index (χ4v) is 6.16. The molecule has 9 heteroatoms. The van der Waals surface area contributed by atoms with Crippen molar-refractivity contribution in [2.45, 2.75) is 11.3 Å². The number of piperazine rings is 1. The molecule has 0 spiro atoms. The molecule has 1 aliphatic rings. The summed E-state index contributed by atoms with van der Waals surface area (Å²) in [5.41, 5.74) is 0.762. The van der Waals surface area contributed by atoms with Crippen molar-refractivity contribution in [2.75, 3.05) is 26.2 Å². The van der Waals surface area contributed by atoms with Gasteiger partial charge in [-0.25, -0.2) is 13.4 Å². The highest BCUT2D eigenvalue weighted by Gasteiger charge is 2.30. The molecule has 3 aromatic rings. The summed E-state index contributed by atoms with van der Waals surface area (Å²) in [6.45, 7) is 1.40. The predicted molar refractivity (Wildman–Crippen MR) is 111 cm³/mol. The molecule has 4 rings (SSSR count). The molecule has 1 fully saturated rings. The maximum absolute atomic E-state index is 12.7. The van der Waals surface area contributed by atoms with Crippen LogP contribution in [0.1, 0.15) is 5.69 Å². The van der Waals surface area contributed by atoms with Gasteiger partial charge in [-0.1, -0.05) is 24.3 Å². The van der Waals surface area contributed by atoms with E-state index < -0.39 is 10.0 Å². The highest BCUT2D eigenvalue weighted by molar-refractivity contribution is 7.89. The molecule has 1 saturated heterocycles. The van der Waals surface area contributed by atoms with Crippen molar-refractivity contribution in [3.05, 3.63) is 58.9 Å². The third-order valence-corrected chi connectivity index (χ3v) is 8.43. The van der Waals surface area contributed by atoms with Gasteiger partial charge in [-0.15, -0.1) is 22.7 Å². The van der Waals surface area contributed by atoms with E-state index in [1.807, 2.05) is 22.9 Å². The van der Waals surface area contributed by atoms with Crippen LogP contribution in [-0.2, 0) is 21.2 Å². The minimum absolute atomic E-state index is 0.0141. The number of hydrogen-bond acceptors (Lipinski definition) is 6. The van der Waals surface area contributed by atoms with Crippen LogP contribution in [0.2, 0.25) is 0 Å². The number of thiazole rings is 1. The lowest BCUT2D eigenvalue weighted by atomic mass is 10.2. The fraction of sp³-hybridized carbons (Fsp3) is 0.263. The van der Waals surface area contributed by atoms with Gasteiger partial charge in [-0.2, -0.15) is 4.31 Å². The molecular weight excluding hydrogens is 414 g/mol. The molecule has 1 aliphatic heterocycles. The van der Waals surface area contributed by atoms with E-state index in [2.05, 4.69) is 4.98 Å². The first-order chi connectivity index (χ1) is 13.5. The largest absolute Gasteiger partial charge is 0.340 e. The summed E-state index contributed by atoms with van der Waals surface area (Å²) in [6, 6.07) is 12.4. The van der Waals surface area contributed by atoms with Gasteiger partial charge in [-0.05, 0) is 23.6 Å². The Hall–Kier alpha value is -2.07. The molecule has 1 amide bonds. The molecule has 0 aliphatic carbocycles. The Morgan fingerprint density at radius 3 is 2.43 bits per heavy atom. The topological polar surface area (TPSA) is 70.6 Å². The highest BCUT2D eigenvalue weighted by atomic mass is 32.2. The molecule has 0 saturated carbocycles. The molecule has 6 nitrogen and oxygen atoms in total. The highest BCUT2D eigenvalue weighted by Crippen LogP contribution is 2.28. The average molecular weight is 434 g/mol. The van der Waals surface area contributed by atoms with E-state index in [0.29, 0.717) is 31.1 Å². The molecule has 28 heavy (non-hydrogen) atoms. The second-order valence-electron chi connectivity index (χ2n) is 6.40. The van der Waals surface area contributed by atoms with Crippen LogP contribution in [0.3, 0.4) is 0 Å². The van der Waals surface area contributed by atoms with Gasteiger partial charge in [0.15, 0.2) is 0 Å². The number of amides is 1. The van der Waals surface area contributed by atoms with Gasteiger partial charge in [0.2, 0.25) is 15.9 Å². The van der Waals surface area contributed by atoms with Gasteiger partial charge in [0.1, 0.15) is 5.01 Å². The van der Waals surface area contributed by atoms with Crippen LogP contribution < -0.4 is 0 Å². The van der Waals surface area contributed by atoms with Gasteiger partial charge in [0.05, 0.1) is 21.9 Å². The molecule has 0 radical (unpaired) electrons. The van der Waals surface area contributed by atoms with E-state index in [4.69, 9.17) is 0 Å². The van der Waals surface area contributed by atoms with Crippen molar-refractivity contribution >= 4 is 38.6 Å². The van der Waals surface area contributed by atoms with Gasteiger partial charge >= 0.3 is 0 Å². The van der Waals surface area contributed by atoms with Crippen molar-refractivity contribution in [2.24, 2.45) is 0 Å². The maximum Gasteiger partial charge on any atom is 0.243 e. The molecule has 146 valence electrons.